The zero-order valence-corrected chi connectivity index (χ0v) is 11.6. The third kappa shape index (κ3) is 2.80. The molecule has 2 aromatic heterocycles. The summed E-state index contributed by atoms with van der Waals surface area (Å²) in [6, 6.07) is 3.78. The Labute approximate surface area is 114 Å². The molecule has 0 spiro atoms. The zero-order chi connectivity index (χ0) is 13.1. The molecular weight excluding hydrogens is 270 g/mol. The van der Waals surface area contributed by atoms with Crippen LogP contribution in [0.5, 0.6) is 0 Å². The normalized spacial score (nSPS) is 11.1. The molecule has 0 amide bonds. The smallest absolute Gasteiger partial charge is 0.200 e. The van der Waals surface area contributed by atoms with E-state index in [1.165, 1.54) is 17.4 Å². The van der Waals surface area contributed by atoms with Crippen molar-refractivity contribution in [1.29, 1.82) is 0 Å². The molecule has 0 aliphatic heterocycles. The number of thiazole rings is 1. The van der Waals surface area contributed by atoms with E-state index in [4.69, 9.17) is 11.6 Å². The van der Waals surface area contributed by atoms with Gasteiger partial charge < -0.3 is 9.47 Å². The molecule has 0 N–H and O–H groups in total. The molecule has 0 fully saturated rings. The summed E-state index contributed by atoms with van der Waals surface area (Å²) in [5.41, 5.74) is 0. The summed E-state index contributed by atoms with van der Waals surface area (Å²) < 4.78 is 1.82. The highest BCUT2D eigenvalue weighted by atomic mass is 35.5. The monoisotopic (exact) mass is 281 g/mol. The maximum absolute atomic E-state index is 11.9. The van der Waals surface area contributed by atoms with Crippen LogP contribution in [0.2, 0.25) is 5.15 Å². The molecule has 0 atom stereocenters. The van der Waals surface area contributed by atoms with Gasteiger partial charge in [0.05, 0.1) is 0 Å². The summed E-state index contributed by atoms with van der Waals surface area (Å²) in [6.45, 7) is 0. The lowest BCUT2D eigenvalue weighted by Crippen LogP contribution is -2.02. The quantitative estimate of drug-likeness (QED) is 0.639. The molecule has 4 nitrogen and oxygen atoms in total. The van der Waals surface area contributed by atoms with Crippen molar-refractivity contribution in [1.82, 2.24) is 14.5 Å². The lowest BCUT2D eigenvalue weighted by atomic mass is 10.3. The number of ketones is 1. The van der Waals surface area contributed by atoms with Crippen LogP contribution in [-0.2, 0) is 0 Å². The van der Waals surface area contributed by atoms with Crippen molar-refractivity contribution < 1.29 is 4.79 Å². The maximum atomic E-state index is 11.9. The van der Waals surface area contributed by atoms with Gasteiger partial charge in [-0.15, -0.1) is 0 Å². The first kappa shape index (κ1) is 12.9. The Morgan fingerprint density at radius 3 is 2.72 bits per heavy atom. The molecule has 0 unspecified atom stereocenters. The van der Waals surface area contributed by atoms with E-state index in [0.717, 1.165) is 0 Å². The fourth-order valence-corrected chi connectivity index (χ4v) is 2.49. The second-order valence-corrected chi connectivity index (χ2v) is 5.19. The average Bonchev–Trinajstić information content (AvgIpc) is 2.94. The van der Waals surface area contributed by atoms with Crippen molar-refractivity contribution in [2.45, 2.75) is 0 Å². The van der Waals surface area contributed by atoms with Crippen molar-refractivity contribution in [2.24, 2.45) is 0 Å². The first-order valence-electron chi connectivity index (χ1n) is 5.26. The fraction of sp³-hybridized carbons (Fsp3) is 0.167. The third-order valence-corrected chi connectivity index (χ3v) is 3.62. The van der Waals surface area contributed by atoms with Crippen LogP contribution in [-0.4, -0.2) is 34.3 Å². The van der Waals surface area contributed by atoms with Gasteiger partial charge in [0.2, 0.25) is 0 Å². The molecule has 6 heteroatoms. The third-order valence-electron chi connectivity index (χ3n) is 2.15. The number of hydrogen-bond donors (Lipinski definition) is 0. The van der Waals surface area contributed by atoms with Gasteiger partial charge in [-0.2, -0.15) is 0 Å². The molecular formula is C12H12ClN3OS. The van der Waals surface area contributed by atoms with Crippen molar-refractivity contribution in [3.8, 4) is 5.13 Å². The van der Waals surface area contributed by atoms with Crippen molar-refractivity contribution in [3.63, 3.8) is 0 Å². The summed E-state index contributed by atoms with van der Waals surface area (Å²) in [4.78, 5) is 18.3. The number of allylic oxidation sites excluding steroid dienone is 1. The Hall–Kier alpha value is -1.59. The molecule has 0 aromatic carbocycles. The van der Waals surface area contributed by atoms with Gasteiger partial charge in [-0.05, 0) is 12.1 Å². The first-order chi connectivity index (χ1) is 8.58. The molecule has 0 aliphatic carbocycles. The Morgan fingerprint density at radius 2 is 2.11 bits per heavy atom. The molecule has 0 saturated heterocycles. The number of halogens is 1. The van der Waals surface area contributed by atoms with Gasteiger partial charge in [-0.25, -0.2) is 4.98 Å². The molecule has 18 heavy (non-hydrogen) atoms. The number of carbonyl (C=O) groups excluding carboxylic acids is 1. The lowest BCUT2D eigenvalue weighted by molar-refractivity contribution is 0.104. The van der Waals surface area contributed by atoms with Gasteiger partial charge in [0.1, 0.15) is 4.88 Å². The Bertz CT molecular complexity index is 572. The topological polar surface area (TPSA) is 38.1 Å². The second-order valence-electron chi connectivity index (χ2n) is 3.85. The lowest BCUT2D eigenvalue weighted by Gasteiger charge is -2.01. The highest BCUT2D eigenvalue weighted by Gasteiger charge is 2.15. The van der Waals surface area contributed by atoms with E-state index >= 15 is 0 Å². The minimum Gasteiger partial charge on any atom is -0.383 e. The number of nitrogens with zero attached hydrogens (tertiary/aromatic N) is 3. The van der Waals surface area contributed by atoms with Crippen molar-refractivity contribution in [2.75, 3.05) is 14.1 Å². The van der Waals surface area contributed by atoms with E-state index in [1.807, 2.05) is 43.2 Å². The van der Waals surface area contributed by atoms with Crippen LogP contribution in [0.15, 0.2) is 36.8 Å². The Morgan fingerprint density at radius 1 is 1.44 bits per heavy atom. The summed E-state index contributed by atoms with van der Waals surface area (Å²) in [5, 5.41) is 0.934. The van der Waals surface area contributed by atoms with E-state index in [1.54, 1.807) is 11.1 Å². The predicted molar refractivity (Wildman–Crippen MR) is 73.6 cm³/mol. The van der Waals surface area contributed by atoms with Crippen LogP contribution in [0.1, 0.15) is 9.67 Å². The van der Waals surface area contributed by atoms with Crippen molar-refractivity contribution >= 4 is 28.7 Å². The molecule has 2 aromatic rings. The summed E-state index contributed by atoms with van der Waals surface area (Å²) in [5.74, 6) is -0.135. The van der Waals surface area contributed by atoms with Gasteiger partial charge in [0.25, 0.3) is 0 Å². The number of hydrogen-bond acceptors (Lipinski definition) is 4. The van der Waals surface area contributed by atoms with Crippen LogP contribution >= 0.6 is 22.9 Å². The minimum atomic E-state index is -0.135. The highest BCUT2D eigenvalue weighted by molar-refractivity contribution is 7.16. The molecule has 94 valence electrons. The van der Waals surface area contributed by atoms with E-state index in [2.05, 4.69) is 4.98 Å². The van der Waals surface area contributed by atoms with Gasteiger partial charge in [0.15, 0.2) is 16.1 Å². The van der Waals surface area contributed by atoms with Crippen LogP contribution in [0.4, 0.5) is 0 Å². The first-order valence-corrected chi connectivity index (χ1v) is 6.46. The number of carbonyl (C=O) groups is 1. The van der Waals surface area contributed by atoms with Gasteiger partial charge >= 0.3 is 0 Å². The van der Waals surface area contributed by atoms with Gasteiger partial charge in [-0.3, -0.25) is 4.79 Å². The van der Waals surface area contributed by atoms with Crippen LogP contribution in [0.25, 0.3) is 5.13 Å². The molecule has 0 aliphatic rings. The van der Waals surface area contributed by atoms with E-state index in [9.17, 15) is 4.79 Å². The maximum Gasteiger partial charge on any atom is 0.200 e. The molecule has 0 saturated carbocycles. The van der Waals surface area contributed by atoms with Crippen LogP contribution < -0.4 is 0 Å². The standard InChI is InChI=1S/C12H12ClN3OS/c1-15(2)8-5-9(17)10-11(13)14-12(18-10)16-6-3-4-7-16/h3-8H,1-2H3/b8-5+. The molecule has 0 bridgehead atoms. The zero-order valence-electron chi connectivity index (χ0n) is 10.0. The molecule has 0 radical (unpaired) electrons. The van der Waals surface area contributed by atoms with Gasteiger partial charge in [-0.1, -0.05) is 22.9 Å². The van der Waals surface area contributed by atoms with Crippen molar-refractivity contribution in [3.05, 3.63) is 46.8 Å². The largest absolute Gasteiger partial charge is 0.383 e. The summed E-state index contributed by atoms with van der Waals surface area (Å²) in [7, 11) is 3.70. The summed E-state index contributed by atoms with van der Waals surface area (Å²) >= 11 is 7.27. The molecule has 2 heterocycles. The van der Waals surface area contributed by atoms with E-state index in [0.29, 0.717) is 10.0 Å². The average molecular weight is 282 g/mol. The number of rotatable bonds is 4. The van der Waals surface area contributed by atoms with Crippen LogP contribution in [0, 0.1) is 0 Å². The van der Waals surface area contributed by atoms with E-state index in [-0.39, 0.29) is 10.9 Å². The highest BCUT2D eigenvalue weighted by Crippen LogP contribution is 2.26. The SMILES string of the molecule is CN(C)/C=C/C(=O)c1sc(-n2cccc2)nc1Cl. The summed E-state index contributed by atoms with van der Waals surface area (Å²) in [6.07, 6.45) is 6.89. The Balaban J connectivity index is 2.27. The second kappa shape index (κ2) is 5.37. The minimum absolute atomic E-state index is 0.135. The molecule has 2 rings (SSSR count). The van der Waals surface area contributed by atoms with Crippen LogP contribution in [0.3, 0.4) is 0 Å². The Kier molecular flexibility index (Phi) is 3.84. The van der Waals surface area contributed by atoms with Gasteiger partial charge in [0, 0.05) is 38.8 Å². The predicted octanol–water partition coefficient (Wildman–Crippen LogP) is 2.85. The number of aromatic nitrogens is 2. The van der Waals surface area contributed by atoms with E-state index < -0.39 is 0 Å². The fourth-order valence-electron chi connectivity index (χ4n) is 1.31.